The Morgan fingerprint density at radius 2 is 1.90 bits per heavy atom. The number of carbonyl (C=O) groups is 2. The van der Waals surface area contributed by atoms with Gasteiger partial charge in [-0.05, 0) is 49.4 Å². The van der Waals surface area contributed by atoms with Gasteiger partial charge in [-0.3, -0.25) is 19.3 Å². The molecule has 0 fully saturated rings. The number of anilines is 2. The van der Waals surface area contributed by atoms with E-state index in [1.807, 2.05) is 10.7 Å². The van der Waals surface area contributed by atoms with E-state index >= 15 is 0 Å². The number of carbonyl (C=O) groups excluding carboxylic acids is 2. The maximum Gasteiger partial charge on any atom is 0.232 e. The molecule has 2 N–H and O–H groups in total. The summed E-state index contributed by atoms with van der Waals surface area (Å²) in [7, 11) is 1.56. The van der Waals surface area contributed by atoms with Gasteiger partial charge in [-0.1, -0.05) is 17.3 Å². The van der Waals surface area contributed by atoms with Gasteiger partial charge < -0.3 is 15.4 Å². The number of ether oxygens (including phenoxy) is 1. The molecule has 5 rings (SSSR count). The molecule has 1 aliphatic rings. The Kier molecular flexibility index (Phi) is 8.67. The molecule has 0 bridgehead atoms. The lowest BCUT2D eigenvalue weighted by Crippen LogP contribution is -2.16. The van der Waals surface area contributed by atoms with Gasteiger partial charge in [0.2, 0.25) is 16.9 Å². The van der Waals surface area contributed by atoms with Crippen LogP contribution in [0.25, 0.3) is 0 Å². The molecule has 0 unspecified atom stereocenters. The monoisotopic (exact) mass is 557 g/mol. The lowest BCUT2D eigenvalue weighted by molar-refractivity contribution is -0.116. The van der Waals surface area contributed by atoms with Gasteiger partial charge in [-0.25, -0.2) is 0 Å². The Balaban J connectivity index is 1.05. The zero-order chi connectivity index (χ0) is 27.7. The van der Waals surface area contributed by atoms with Crippen molar-refractivity contribution in [3.8, 4) is 17.6 Å². The standard InChI is InChI=1S/C27H27N9O3S/c1-39-22-11-12-28-19(15-22)16-24(37)29-23-10-9-18(31-32-23)6-2-3-8-26-33-34-27(40-26)30-25(38)17-20-14-21-7-4-5-13-36(21)35-20/h9-12,14-15H,3-5,7-8,13,16-17H2,1H3,(H,29,32,37)(H,30,34,38). The van der Waals surface area contributed by atoms with Crippen LogP contribution < -0.4 is 15.4 Å². The van der Waals surface area contributed by atoms with Crippen LogP contribution in [0.15, 0.2) is 36.5 Å². The van der Waals surface area contributed by atoms with Crippen molar-refractivity contribution in [2.45, 2.75) is 51.5 Å². The van der Waals surface area contributed by atoms with Crippen LogP contribution in [0.3, 0.4) is 0 Å². The molecular weight excluding hydrogens is 530 g/mol. The Bertz CT molecular complexity index is 1530. The summed E-state index contributed by atoms with van der Waals surface area (Å²) >= 11 is 1.33. The highest BCUT2D eigenvalue weighted by Gasteiger charge is 2.15. The summed E-state index contributed by atoms with van der Waals surface area (Å²) in [5.74, 6) is 6.54. The predicted molar refractivity (Wildman–Crippen MR) is 148 cm³/mol. The largest absolute Gasteiger partial charge is 0.497 e. The molecular formula is C27H27N9O3S. The highest BCUT2D eigenvalue weighted by atomic mass is 32.1. The van der Waals surface area contributed by atoms with Gasteiger partial charge in [0.05, 0.1) is 31.3 Å². The van der Waals surface area contributed by atoms with E-state index in [4.69, 9.17) is 4.74 Å². The molecule has 4 aromatic heterocycles. The second kappa shape index (κ2) is 12.9. The van der Waals surface area contributed by atoms with Gasteiger partial charge in [0.25, 0.3) is 0 Å². The maximum absolute atomic E-state index is 12.4. The van der Waals surface area contributed by atoms with Gasteiger partial charge in [-0.15, -0.1) is 20.4 Å². The predicted octanol–water partition coefficient (Wildman–Crippen LogP) is 2.61. The minimum Gasteiger partial charge on any atom is -0.497 e. The van der Waals surface area contributed by atoms with E-state index in [1.165, 1.54) is 23.5 Å². The molecule has 0 atom stereocenters. The number of methoxy groups -OCH3 is 1. The average molecular weight is 558 g/mol. The van der Waals surface area contributed by atoms with Gasteiger partial charge in [0.15, 0.2) is 5.82 Å². The topological polar surface area (TPSA) is 150 Å². The van der Waals surface area contributed by atoms with Crippen molar-refractivity contribution in [2.75, 3.05) is 17.7 Å². The van der Waals surface area contributed by atoms with Gasteiger partial charge in [0.1, 0.15) is 16.5 Å². The van der Waals surface area contributed by atoms with E-state index < -0.39 is 0 Å². The summed E-state index contributed by atoms with van der Waals surface area (Å²) in [5, 5.41) is 27.5. The van der Waals surface area contributed by atoms with Crippen LogP contribution in [-0.4, -0.2) is 54.1 Å². The summed E-state index contributed by atoms with van der Waals surface area (Å²) in [6, 6.07) is 8.77. The maximum atomic E-state index is 12.4. The van der Waals surface area contributed by atoms with E-state index in [0.29, 0.717) is 40.9 Å². The number of hydrogen-bond donors (Lipinski definition) is 2. The number of fused-ring (bicyclic) bond motifs is 1. The first kappa shape index (κ1) is 26.9. The lowest BCUT2D eigenvalue weighted by atomic mass is 10.1. The minimum absolute atomic E-state index is 0.0870. The van der Waals surface area contributed by atoms with Gasteiger partial charge >= 0.3 is 0 Å². The van der Waals surface area contributed by atoms with Gasteiger partial charge in [0, 0.05) is 37.3 Å². The van der Waals surface area contributed by atoms with E-state index in [1.54, 1.807) is 37.6 Å². The van der Waals surface area contributed by atoms with Crippen molar-refractivity contribution in [1.29, 1.82) is 0 Å². The summed E-state index contributed by atoms with van der Waals surface area (Å²) < 4.78 is 7.14. The molecule has 1 aliphatic heterocycles. The Morgan fingerprint density at radius 1 is 1.02 bits per heavy atom. The zero-order valence-electron chi connectivity index (χ0n) is 21.9. The number of pyridine rings is 1. The molecule has 0 saturated heterocycles. The Morgan fingerprint density at radius 3 is 2.73 bits per heavy atom. The van der Waals surface area contributed by atoms with Crippen LogP contribution in [0, 0.1) is 11.8 Å². The third kappa shape index (κ3) is 7.45. The Labute approximate surface area is 234 Å². The van der Waals surface area contributed by atoms with Crippen molar-refractivity contribution in [3.05, 3.63) is 64.3 Å². The van der Waals surface area contributed by atoms with Crippen LogP contribution in [0.1, 0.15) is 47.0 Å². The fraction of sp³-hybridized carbons (Fsp3) is 0.333. The highest BCUT2D eigenvalue weighted by Crippen LogP contribution is 2.18. The number of amides is 2. The minimum atomic E-state index is -0.262. The Hall–Kier alpha value is -4.70. The summed E-state index contributed by atoms with van der Waals surface area (Å²) in [6.45, 7) is 0.916. The number of aromatic nitrogens is 7. The number of nitrogens with one attached hydrogen (secondary N) is 2. The molecule has 40 heavy (non-hydrogen) atoms. The van der Waals surface area contributed by atoms with Crippen LogP contribution in [0.4, 0.5) is 10.9 Å². The fourth-order valence-corrected chi connectivity index (χ4v) is 4.87. The van der Waals surface area contributed by atoms with Crippen LogP contribution in [0.2, 0.25) is 0 Å². The van der Waals surface area contributed by atoms with E-state index in [9.17, 15) is 9.59 Å². The second-order valence-corrected chi connectivity index (χ2v) is 10.1. The van der Waals surface area contributed by atoms with Crippen molar-refractivity contribution < 1.29 is 14.3 Å². The van der Waals surface area contributed by atoms with Crippen LogP contribution >= 0.6 is 11.3 Å². The fourth-order valence-electron chi connectivity index (χ4n) is 4.12. The first-order chi connectivity index (χ1) is 19.5. The number of hydrogen-bond acceptors (Lipinski definition) is 10. The normalized spacial score (nSPS) is 12.1. The van der Waals surface area contributed by atoms with E-state index in [0.717, 1.165) is 30.1 Å². The van der Waals surface area contributed by atoms with Crippen LogP contribution in [-0.2, 0) is 41.8 Å². The number of nitrogens with zero attached hydrogens (tertiary/aromatic N) is 7. The zero-order valence-corrected chi connectivity index (χ0v) is 22.7. The average Bonchev–Trinajstić information content (AvgIpc) is 3.58. The molecule has 4 aromatic rings. The molecule has 0 aromatic carbocycles. The second-order valence-electron chi connectivity index (χ2n) is 9.05. The molecule has 12 nitrogen and oxygen atoms in total. The molecule has 0 saturated carbocycles. The highest BCUT2D eigenvalue weighted by molar-refractivity contribution is 7.15. The summed E-state index contributed by atoms with van der Waals surface area (Å²) in [6.07, 6.45) is 6.32. The lowest BCUT2D eigenvalue weighted by Gasteiger charge is -2.11. The summed E-state index contributed by atoms with van der Waals surface area (Å²) in [5.41, 5.74) is 3.04. The molecule has 204 valence electrons. The molecule has 0 radical (unpaired) electrons. The van der Waals surface area contributed by atoms with Crippen molar-refractivity contribution >= 4 is 34.1 Å². The third-order valence-corrected chi connectivity index (χ3v) is 6.90. The number of rotatable bonds is 9. The third-order valence-electron chi connectivity index (χ3n) is 6.00. The quantitative estimate of drug-likeness (QED) is 0.296. The SMILES string of the molecule is COc1ccnc(CC(=O)Nc2ccc(C#CCCc3nnc(NC(=O)Cc4cc5n(n4)CCCC5)s3)nn2)c1. The smallest absolute Gasteiger partial charge is 0.232 e. The molecule has 13 heteroatoms. The van der Waals surface area contributed by atoms with Crippen molar-refractivity contribution in [2.24, 2.45) is 0 Å². The molecule has 0 aliphatic carbocycles. The molecule has 0 spiro atoms. The van der Waals surface area contributed by atoms with Gasteiger partial charge in [-0.2, -0.15) is 5.10 Å². The van der Waals surface area contributed by atoms with E-state index in [2.05, 4.69) is 53.0 Å². The van der Waals surface area contributed by atoms with E-state index in [-0.39, 0.29) is 24.7 Å². The molecule has 2 amide bonds. The first-order valence-corrected chi connectivity index (χ1v) is 13.6. The van der Waals surface area contributed by atoms with Crippen LogP contribution in [0.5, 0.6) is 5.75 Å². The first-order valence-electron chi connectivity index (χ1n) is 12.8. The molecule has 5 heterocycles. The van der Waals surface area contributed by atoms with Crippen molar-refractivity contribution in [1.82, 2.24) is 35.2 Å². The van der Waals surface area contributed by atoms with Crippen molar-refractivity contribution in [3.63, 3.8) is 0 Å². The number of aryl methyl sites for hydroxylation is 3. The summed E-state index contributed by atoms with van der Waals surface area (Å²) in [4.78, 5) is 28.9.